The van der Waals surface area contributed by atoms with Crippen LogP contribution in [-0.4, -0.2) is 14.2 Å². The second-order valence-corrected chi connectivity index (χ2v) is 5.83. The molecule has 0 amide bonds. The van der Waals surface area contributed by atoms with Crippen molar-refractivity contribution in [3.63, 3.8) is 0 Å². The molecule has 4 rings (SSSR count). The van der Waals surface area contributed by atoms with Gasteiger partial charge in [-0.1, -0.05) is 36.4 Å². The molecule has 1 heterocycles. The SMILES string of the molecule is COc1ccc(C2Cc3c(ccc4ccccc34)N2)cc1OC. The molecule has 0 saturated heterocycles. The summed E-state index contributed by atoms with van der Waals surface area (Å²) in [6.45, 7) is 0. The molecular weight excluding hydrogens is 286 g/mol. The van der Waals surface area contributed by atoms with Crippen LogP contribution >= 0.6 is 0 Å². The summed E-state index contributed by atoms with van der Waals surface area (Å²) in [7, 11) is 3.33. The van der Waals surface area contributed by atoms with Crippen molar-refractivity contribution in [1.29, 1.82) is 0 Å². The molecule has 3 aromatic rings. The Morgan fingerprint density at radius 1 is 0.913 bits per heavy atom. The molecule has 1 atom stereocenters. The molecule has 1 unspecified atom stereocenters. The van der Waals surface area contributed by atoms with Crippen LogP contribution < -0.4 is 14.8 Å². The van der Waals surface area contributed by atoms with E-state index in [1.807, 2.05) is 6.07 Å². The zero-order valence-corrected chi connectivity index (χ0v) is 13.3. The lowest BCUT2D eigenvalue weighted by Crippen LogP contribution is -2.06. The number of benzene rings is 3. The average molecular weight is 305 g/mol. The highest BCUT2D eigenvalue weighted by Crippen LogP contribution is 2.40. The highest BCUT2D eigenvalue weighted by Gasteiger charge is 2.24. The van der Waals surface area contributed by atoms with E-state index in [1.165, 1.54) is 27.6 Å². The quantitative estimate of drug-likeness (QED) is 0.769. The lowest BCUT2D eigenvalue weighted by atomic mass is 9.98. The Kier molecular flexibility index (Phi) is 3.34. The zero-order chi connectivity index (χ0) is 15.8. The van der Waals surface area contributed by atoms with Crippen molar-refractivity contribution in [1.82, 2.24) is 0 Å². The predicted octanol–water partition coefficient (Wildman–Crippen LogP) is 4.57. The van der Waals surface area contributed by atoms with Crippen LogP contribution in [0.2, 0.25) is 0 Å². The van der Waals surface area contributed by atoms with E-state index in [2.05, 4.69) is 53.8 Å². The third-order valence-electron chi connectivity index (χ3n) is 4.59. The van der Waals surface area contributed by atoms with Gasteiger partial charge in [-0.25, -0.2) is 0 Å². The van der Waals surface area contributed by atoms with Gasteiger partial charge in [-0.15, -0.1) is 0 Å². The van der Waals surface area contributed by atoms with Crippen LogP contribution in [0.3, 0.4) is 0 Å². The molecular formula is C20H19NO2. The first-order valence-corrected chi connectivity index (χ1v) is 7.79. The van der Waals surface area contributed by atoms with Crippen LogP contribution in [0, 0.1) is 0 Å². The third-order valence-corrected chi connectivity index (χ3v) is 4.59. The fraction of sp³-hybridized carbons (Fsp3) is 0.200. The minimum absolute atomic E-state index is 0.260. The first-order chi connectivity index (χ1) is 11.3. The van der Waals surface area contributed by atoms with E-state index < -0.39 is 0 Å². The summed E-state index contributed by atoms with van der Waals surface area (Å²) in [5, 5.41) is 6.26. The Hall–Kier alpha value is -2.68. The topological polar surface area (TPSA) is 30.5 Å². The normalized spacial score (nSPS) is 16.0. The van der Waals surface area contributed by atoms with E-state index >= 15 is 0 Å². The molecule has 0 aromatic heterocycles. The maximum absolute atomic E-state index is 5.43. The second kappa shape index (κ2) is 5.51. The van der Waals surface area contributed by atoms with Crippen molar-refractivity contribution in [2.24, 2.45) is 0 Å². The van der Waals surface area contributed by atoms with Crippen LogP contribution in [0.1, 0.15) is 17.2 Å². The fourth-order valence-corrected chi connectivity index (χ4v) is 3.40. The van der Waals surface area contributed by atoms with E-state index in [4.69, 9.17) is 9.47 Å². The van der Waals surface area contributed by atoms with Gasteiger partial charge in [-0.3, -0.25) is 0 Å². The lowest BCUT2D eigenvalue weighted by molar-refractivity contribution is 0.354. The molecule has 0 radical (unpaired) electrons. The highest BCUT2D eigenvalue weighted by molar-refractivity contribution is 5.91. The minimum atomic E-state index is 0.260. The molecule has 116 valence electrons. The Balaban J connectivity index is 1.72. The molecule has 0 aliphatic carbocycles. The Bertz CT molecular complexity index is 873. The molecule has 3 nitrogen and oxygen atoms in total. The van der Waals surface area contributed by atoms with Crippen LogP contribution in [0.25, 0.3) is 10.8 Å². The first kappa shape index (κ1) is 13.9. The van der Waals surface area contributed by atoms with Gasteiger partial charge in [0.15, 0.2) is 11.5 Å². The monoisotopic (exact) mass is 305 g/mol. The summed E-state index contributed by atoms with van der Waals surface area (Å²) >= 11 is 0. The van der Waals surface area contributed by atoms with E-state index in [9.17, 15) is 0 Å². The number of anilines is 1. The largest absolute Gasteiger partial charge is 0.493 e. The van der Waals surface area contributed by atoms with Crippen molar-refractivity contribution in [3.05, 3.63) is 65.7 Å². The van der Waals surface area contributed by atoms with Crippen LogP contribution in [0.15, 0.2) is 54.6 Å². The second-order valence-electron chi connectivity index (χ2n) is 5.83. The van der Waals surface area contributed by atoms with Gasteiger partial charge in [-0.2, -0.15) is 0 Å². The molecule has 1 aliphatic rings. The summed E-state index contributed by atoms with van der Waals surface area (Å²) in [4.78, 5) is 0. The molecule has 0 spiro atoms. The number of methoxy groups -OCH3 is 2. The van der Waals surface area contributed by atoms with E-state index in [0.29, 0.717) is 0 Å². The molecule has 0 saturated carbocycles. The molecule has 3 aromatic carbocycles. The Labute approximate surface area is 135 Å². The van der Waals surface area contributed by atoms with Crippen molar-refractivity contribution in [2.45, 2.75) is 12.5 Å². The summed E-state index contributed by atoms with van der Waals surface area (Å²) in [6.07, 6.45) is 0.978. The third kappa shape index (κ3) is 2.29. The highest BCUT2D eigenvalue weighted by atomic mass is 16.5. The van der Waals surface area contributed by atoms with E-state index in [0.717, 1.165) is 17.9 Å². The fourth-order valence-electron chi connectivity index (χ4n) is 3.40. The standard InChI is InChI=1S/C20H19NO2/c1-22-19-10-8-14(11-20(19)23-2)18-12-16-15-6-4-3-5-13(15)7-9-17(16)21-18/h3-11,18,21H,12H2,1-2H3. The summed E-state index contributed by atoms with van der Waals surface area (Å²) < 4.78 is 10.8. The van der Waals surface area contributed by atoms with Crippen molar-refractivity contribution in [3.8, 4) is 11.5 Å². The smallest absolute Gasteiger partial charge is 0.161 e. The van der Waals surface area contributed by atoms with Crippen LogP contribution in [-0.2, 0) is 6.42 Å². The zero-order valence-electron chi connectivity index (χ0n) is 13.3. The summed E-state index contributed by atoms with van der Waals surface area (Å²) in [6, 6.07) is 19.3. The van der Waals surface area contributed by atoms with Gasteiger partial charge in [-0.05, 0) is 46.5 Å². The maximum atomic E-state index is 5.43. The van der Waals surface area contributed by atoms with Crippen molar-refractivity contribution < 1.29 is 9.47 Å². The predicted molar refractivity (Wildman–Crippen MR) is 93.6 cm³/mol. The summed E-state index contributed by atoms with van der Waals surface area (Å²) in [5.74, 6) is 1.53. The van der Waals surface area contributed by atoms with E-state index in [1.54, 1.807) is 14.2 Å². The minimum Gasteiger partial charge on any atom is -0.493 e. The number of rotatable bonds is 3. The van der Waals surface area contributed by atoms with Gasteiger partial charge in [0.05, 0.1) is 20.3 Å². The lowest BCUT2D eigenvalue weighted by Gasteiger charge is -2.15. The van der Waals surface area contributed by atoms with Gasteiger partial charge in [0.1, 0.15) is 0 Å². The number of ether oxygens (including phenoxy) is 2. The molecule has 1 N–H and O–H groups in total. The number of hydrogen-bond acceptors (Lipinski definition) is 3. The molecule has 23 heavy (non-hydrogen) atoms. The van der Waals surface area contributed by atoms with Crippen LogP contribution in [0.5, 0.6) is 11.5 Å². The van der Waals surface area contributed by atoms with Crippen LogP contribution in [0.4, 0.5) is 5.69 Å². The maximum Gasteiger partial charge on any atom is 0.161 e. The first-order valence-electron chi connectivity index (χ1n) is 7.79. The van der Waals surface area contributed by atoms with Gasteiger partial charge < -0.3 is 14.8 Å². The molecule has 1 aliphatic heterocycles. The van der Waals surface area contributed by atoms with Gasteiger partial charge in [0.25, 0.3) is 0 Å². The molecule has 3 heteroatoms. The molecule has 0 fully saturated rings. The Morgan fingerprint density at radius 2 is 1.74 bits per heavy atom. The number of nitrogens with one attached hydrogen (secondary N) is 1. The average Bonchev–Trinajstić information content (AvgIpc) is 3.05. The summed E-state index contributed by atoms with van der Waals surface area (Å²) in [5.41, 5.74) is 3.83. The van der Waals surface area contributed by atoms with Crippen molar-refractivity contribution in [2.75, 3.05) is 19.5 Å². The number of hydrogen-bond donors (Lipinski definition) is 1. The number of fused-ring (bicyclic) bond motifs is 3. The van der Waals surface area contributed by atoms with Gasteiger partial charge in [0.2, 0.25) is 0 Å². The van der Waals surface area contributed by atoms with Gasteiger partial charge in [0, 0.05) is 5.69 Å². The van der Waals surface area contributed by atoms with E-state index in [-0.39, 0.29) is 6.04 Å². The Morgan fingerprint density at radius 3 is 2.57 bits per heavy atom. The van der Waals surface area contributed by atoms with Gasteiger partial charge >= 0.3 is 0 Å². The van der Waals surface area contributed by atoms with Crippen molar-refractivity contribution >= 4 is 16.5 Å². The molecule has 0 bridgehead atoms.